The van der Waals surface area contributed by atoms with Crippen molar-refractivity contribution in [1.82, 2.24) is 14.4 Å². The molecule has 4 rings (SSSR count). The first-order valence-corrected chi connectivity index (χ1v) is 11.3. The van der Waals surface area contributed by atoms with Crippen molar-refractivity contribution in [2.75, 3.05) is 32.8 Å². The van der Waals surface area contributed by atoms with E-state index in [1.54, 1.807) is 49.1 Å². The molecule has 180 valence electrons. The van der Waals surface area contributed by atoms with Gasteiger partial charge in [0, 0.05) is 31.9 Å². The summed E-state index contributed by atoms with van der Waals surface area (Å²) in [4.78, 5) is 29.4. The lowest BCUT2D eigenvalue weighted by Gasteiger charge is -2.39. The van der Waals surface area contributed by atoms with Crippen molar-refractivity contribution in [3.8, 4) is 5.75 Å². The fourth-order valence-corrected chi connectivity index (χ4v) is 4.39. The number of furan rings is 1. The van der Waals surface area contributed by atoms with Crippen molar-refractivity contribution in [3.05, 3.63) is 87.5 Å². The average molecular weight is 470 g/mol. The minimum atomic E-state index is -0.698. The molecule has 1 aliphatic heterocycles. The number of ether oxygens (including phenoxy) is 1. The summed E-state index contributed by atoms with van der Waals surface area (Å²) in [7, 11) is 0. The van der Waals surface area contributed by atoms with Crippen LogP contribution in [0, 0.1) is 12.7 Å². The molecule has 0 spiro atoms. The average Bonchev–Trinajstić information content (AvgIpc) is 3.33. The zero-order valence-electron chi connectivity index (χ0n) is 19.2. The molecule has 0 radical (unpaired) electrons. The van der Waals surface area contributed by atoms with E-state index in [4.69, 9.17) is 9.15 Å². The molecule has 1 atom stereocenters. The zero-order chi connectivity index (χ0) is 24.2. The van der Waals surface area contributed by atoms with E-state index in [0.29, 0.717) is 43.2 Å². The van der Waals surface area contributed by atoms with Gasteiger partial charge in [0.1, 0.15) is 17.3 Å². The van der Waals surface area contributed by atoms with Gasteiger partial charge in [-0.3, -0.25) is 9.69 Å². The number of rotatable bonds is 6. The number of benzene rings is 1. The monoisotopic (exact) mass is 469 g/mol. The molecule has 1 fully saturated rings. The third kappa shape index (κ3) is 4.84. The van der Waals surface area contributed by atoms with Gasteiger partial charge in [0.15, 0.2) is 0 Å². The van der Waals surface area contributed by atoms with Crippen molar-refractivity contribution < 1.29 is 23.4 Å². The van der Waals surface area contributed by atoms with Crippen molar-refractivity contribution in [2.24, 2.45) is 0 Å². The molecule has 1 aliphatic rings. The van der Waals surface area contributed by atoms with E-state index in [1.807, 2.05) is 4.90 Å². The van der Waals surface area contributed by atoms with E-state index in [9.17, 15) is 19.1 Å². The number of aromatic nitrogens is 1. The number of pyridine rings is 1. The minimum Gasteiger partial charge on any atom is -0.507 e. The molecule has 0 bridgehead atoms. The van der Waals surface area contributed by atoms with Crippen LogP contribution in [0.15, 0.2) is 57.9 Å². The Morgan fingerprint density at radius 2 is 1.94 bits per heavy atom. The van der Waals surface area contributed by atoms with Crippen LogP contribution in [0.5, 0.6) is 5.75 Å². The van der Waals surface area contributed by atoms with Gasteiger partial charge in [0.05, 0.1) is 31.0 Å². The van der Waals surface area contributed by atoms with Gasteiger partial charge in [-0.25, -0.2) is 9.18 Å². The standard InChI is InChI=1S/C25H28FN3O5/c1-3-33-25(32)28-11-9-27(10-12-28)23(18-6-4-7-19(26)15-18)22-21(30)14-17(2)29(24(22)31)16-20-8-5-13-34-20/h4-8,13-15,23,30H,3,9-12,16H2,1-2H3. The fraction of sp³-hybridized carbons (Fsp3) is 0.360. The molecule has 1 saturated heterocycles. The lowest BCUT2D eigenvalue weighted by Crippen LogP contribution is -2.50. The molecule has 1 N–H and O–H groups in total. The Kier molecular flexibility index (Phi) is 7.02. The molecule has 9 heteroatoms. The first-order valence-electron chi connectivity index (χ1n) is 11.3. The summed E-state index contributed by atoms with van der Waals surface area (Å²) in [5.41, 5.74) is 0.904. The van der Waals surface area contributed by atoms with E-state index in [1.165, 1.54) is 23.0 Å². The second-order valence-electron chi connectivity index (χ2n) is 8.23. The molecule has 0 aliphatic carbocycles. The minimum absolute atomic E-state index is 0.153. The van der Waals surface area contributed by atoms with Gasteiger partial charge in [-0.15, -0.1) is 0 Å². The van der Waals surface area contributed by atoms with Crippen LogP contribution in [0.1, 0.15) is 35.5 Å². The SMILES string of the molecule is CCOC(=O)N1CCN(C(c2cccc(F)c2)c2c(O)cc(C)n(Cc3ccco3)c2=O)CC1. The molecule has 34 heavy (non-hydrogen) atoms. The van der Waals surface area contributed by atoms with Gasteiger partial charge in [0.25, 0.3) is 5.56 Å². The number of halogens is 1. The highest BCUT2D eigenvalue weighted by Gasteiger charge is 2.33. The highest BCUT2D eigenvalue weighted by molar-refractivity contribution is 5.67. The largest absolute Gasteiger partial charge is 0.507 e. The maximum absolute atomic E-state index is 14.2. The number of nitrogens with zero attached hydrogens (tertiary/aromatic N) is 3. The normalized spacial score (nSPS) is 15.3. The van der Waals surface area contributed by atoms with Crippen molar-refractivity contribution in [3.63, 3.8) is 0 Å². The van der Waals surface area contributed by atoms with Crippen LogP contribution >= 0.6 is 0 Å². The van der Waals surface area contributed by atoms with Crippen molar-refractivity contribution in [2.45, 2.75) is 26.4 Å². The van der Waals surface area contributed by atoms with Gasteiger partial charge in [0.2, 0.25) is 0 Å². The number of carbonyl (C=O) groups is 1. The molecular formula is C25H28FN3O5. The van der Waals surface area contributed by atoms with Gasteiger partial charge in [-0.2, -0.15) is 0 Å². The number of piperazine rings is 1. The second-order valence-corrected chi connectivity index (χ2v) is 8.23. The fourth-order valence-electron chi connectivity index (χ4n) is 4.39. The van der Waals surface area contributed by atoms with E-state index >= 15 is 0 Å². The Bertz CT molecular complexity index is 1200. The Balaban J connectivity index is 1.75. The van der Waals surface area contributed by atoms with Crippen molar-refractivity contribution >= 4 is 6.09 Å². The van der Waals surface area contributed by atoms with Gasteiger partial charge >= 0.3 is 6.09 Å². The smallest absolute Gasteiger partial charge is 0.409 e. The predicted molar refractivity (Wildman–Crippen MR) is 123 cm³/mol. The van der Waals surface area contributed by atoms with Crippen LogP contribution < -0.4 is 5.56 Å². The molecule has 3 aromatic rings. The molecule has 3 heterocycles. The molecule has 1 amide bonds. The number of hydrogen-bond acceptors (Lipinski definition) is 6. The topological polar surface area (TPSA) is 88.2 Å². The number of carbonyl (C=O) groups excluding carboxylic acids is 1. The lowest BCUT2D eigenvalue weighted by atomic mass is 9.96. The molecule has 2 aromatic heterocycles. The van der Waals surface area contributed by atoms with E-state index in [0.717, 1.165) is 0 Å². The summed E-state index contributed by atoms with van der Waals surface area (Å²) >= 11 is 0. The second kappa shape index (κ2) is 10.1. The Morgan fingerprint density at radius 1 is 1.18 bits per heavy atom. The Hall–Kier alpha value is -3.59. The first kappa shape index (κ1) is 23.6. The number of aryl methyl sites for hydroxylation is 1. The Morgan fingerprint density at radius 3 is 2.59 bits per heavy atom. The number of aromatic hydroxyl groups is 1. The highest BCUT2D eigenvalue weighted by atomic mass is 19.1. The summed E-state index contributed by atoms with van der Waals surface area (Å²) in [6, 6.07) is 10.4. The number of amides is 1. The van der Waals surface area contributed by atoms with Crippen LogP contribution in [-0.2, 0) is 11.3 Å². The van der Waals surface area contributed by atoms with E-state index in [2.05, 4.69) is 0 Å². The molecular weight excluding hydrogens is 441 g/mol. The molecule has 8 nitrogen and oxygen atoms in total. The first-order chi connectivity index (χ1) is 16.4. The van der Waals surface area contributed by atoms with Crippen LogP contribution in [0.3, 0.4) is 0 Å². The quantitative estimate of drug-likeness (QED) is 0.595. The predicted octanol–water partition coefficient (Wildman–Crippen LogP) is 3.51. The van der Waals surface area contributed by atoms with Gasteiger partial charge < -0.3 is 23.7 Å². The molecule has 1 aromatic carbocycles. The third-order valence-electron chi connectivity index (χ3n) is 6.06. The van der Waals surface area contributed by atoms with E-state index < -0.39 is 11.9 Å². The summed E-state index contributed by atoms with van der Waals surface area (Å²) in [5.74, 6) is 0.0163. The van der Waals surface area contributed by atoms with Crippen LogP contribution in [0.25, 0.3) is 0 Å². The molecule has 1 unspecified atom stereocenters. The maximum Gasteiger partial charge on any atom is 0.409 e. The van der Waals surface area contributed by atoms with E-state index in [-0.39, 0.29) is 36.1 Å². The summed E-state index contributed by atoms with van der Waals surface area (Å²) in [6.45, 7) is 5.60. The van der Waals surface area contributed by atoms with Gasteiger partial charge in [-0.05, 0) is 49.7 Å². The maximum atomic E-state index is 14.2. The zero-order valence-corrected chi connectivity index (χ0v) is 19.2. The number of hydrogen-bond donors (Lipinski definition) is 1. The lowest BCUT2D eigenvalue weighted by molar-refractivity contribution is 0.0709. The van der Waals surface area contributed by atoms with Crippen LogP contribution in [0.2, 0.25) is 0 Å². The Labute approximate surface area is 196 Å². The summed E-state index contributed by atoms with van der Waals surface area (Å²) < 4.78 is 26.3. The third-order valence-corrected chi connectivity index (χ3v) is 6.06. The summed E-state index contributed by atoms with van der Waals surface area (Å²) in [5, 5.41) is 10.9. The highest BCUT2D eigenvalue weighted by Crippen LogP contribution is 2.33. The van der Waals surface area contributed by atoms with Crippen LogP contribution in [0.4, 0.5) is 9.18 Å². The van der Waals surface area contributed by atoms with Gasteiger partial charge in [-0.1, -0.05) is 12.1 Å². The summed E-state index contributed by atoms with van der Waals surface area (Å²) in [6.07, 6.45) is 1.15. The van der Waals surface area contributed by atoms with Crippen molar-refractivity contribution in [1.29, 1.82) is 0 Å². The molecule has 0 saturated carbocycles. The van der Waals surface area contributed by atoms with Crippen LogP contribution in [-0.4, -0.2) is 58.4 Å².